The van der Waals surface area contributed by atoms with Crippen molar-refractivity contribution in [3.8, 4) is 0 Å². The predicted molar refractivity (Wildman–Crippen MR) is 36.6 cm³/mol. The Morgan fingerprint density at radius 3 is 2.14 bits per heavy atom. The summed E-state index contributed by atoms with van der Waals surface area (Å²) in [6.07, 6.45) is 6.68. The molecule has 0 spiro atoms. The molecule has 0 aliphatic carbocycles. The molecule has 0 atom stereocenters. The smallest absolute Gasteiger partial charge is 0.118 e. The van der Waals surface area contributed by atoms with E-state index in [1.807, 2.05) is 0 Å². The molecule has 1 aliphatic rings. The first-order chi connectivity index (χ1) is 3.39. The highest BCUT2D eigenvalue weighted by atomic mass is 31.1. The van der Waals surface area contributed by atoms with Gasteiger partial charge in [-0.25, -0.2) is 0 Å². The molecule has 1 N–H and O–H groups in total. The van der Waals surface area contributed by atoms with Crippen molar-refractivity contribution in [1.29, 1.82) is 0 Å². The van der Waals surface area contributed by atoms with Crippen LogP contribution in [0.5, 0.6) is 0 Å². The largest absolute Gasteiger partial charge is 0.309 e. The Kier molecular flexibility index (Phi) is 1.84. The number of nitrogens with one attached hydrogen (secondary N) is 1. The quantitative estimate of drug-likeness (QED) is 0.454. The molecule has 0 amide bonds. The van der Waals surface area contributed by atoms with Crippen LogP contribution in [0.4, 0.5) is 0 Å². The fourth-order valence-electron chi connectivity index (χ4n) is 0.711. The molecule has 0 aromatic rings. The molecule has 0 aromatic carbocycles. The maximum atomic E-state index is 4.02. The van der Waals surface area contributed by atoms with E-state index in [0.29, 0.717) is 0 Å². The molecule has 0 saturated carbocycles. The molecule has 2 heteroatoms. The van der Waals surface area contributed by atoms with Gasteiger partial charge in [-0.3, -0.25) is 0 Å². The van der Waals surface area contributed by atoms with E-state index in [2.05, 4.69) is 11.6 Å². The Bertz CT molecular complexity index is 72.1. The first-order valence-electron chi connectivity index (χ1n) is 2.66. The average Bonchev–Trinajstić information content (AvgIpc) is 1.69. The van der Waals surface area contributed by atoms with E-state index in [1.54, 1.807) is 0 Å². The molecule has 1 fully saturated rings. The SMILES string of the molecule is C=[P+]1CCNCC1. The number of hydrogen-bond acceptors (Lipinski definition) is 1. The molecule has 0 radical (unpaired) electrons. The molecule has 1 heterocycles. The fourth-order valence-corrected chi connectivity index (χ4v) is 1.88. The number of hydrogen-bond donors (Lipinski definition) is 1. The van der Waals surface area contributed by atoms with Gasteiger partial charge < -0.3 is 5.32 Å². The van der Waals surface area contributed by atoms with Crippen molar-refractivity contribution in [2.24, 2.45) is 0 Å². The lowest BCUT2D eigenvalue weighted by Gasteiger charge is -2.03. The summed E-state index contributed by atoms with van der Waals surface area (Å²) in [5.74, 6) is 0. The van der Waals surface area contributed by atoms with Crippen LogP contribution < -0.4 is 5.32 Å². The van der Waals surface area contributed by atoms with Gasteiger partial charge in [0.05, 0.1) is 13.8 Å². The van der Waals surface area contributed by atoms with E-state index in [1.165, 1.54) is 25.4 Å². The Morgan fingerprint density at radius 1 is 1.29 bits per heavy atom. The van der Waals surface area contributed by atoms with Gasteiger partial charge in [-0.05, 0) is 0 Å². The highest BCUT2D eigenvalue weighted by Gasteiger charge is 2.09. The zero-order valence-corrected chi connectivity index (χ0v) is 5.38. The fraction of sp³-hybridized carbons (Fsp3) is 0.800. The second kappa shape index (κ2) is 2.44. The summed E-state index contributed by atoms with van der Waals surface area (Å²) in [5.41, 5.74) is 0. The maximum absolute atomic E-state index is 4.02. The minimum Gasteiger partial charge on any atom is -0.309 e. The van der Waals surface area contributed by atoms with E-state index in [-0.39, 0.29) is 7.55 Å². The molecule has 1 aliphatic heterocycles. The van der Waals surface area contributed by atoms with Crippen molar-refractivity contribution in [2.45, 2.75) is 0 Å². The van der Waals surface area contributed by atoms with Crippen molar-refractivity contribution in [2.75, 3.05) is 25.4 Å². The van der Waals surface area contributed by atoms with Crippen LogP contribution in [0.2, 0.25) is 0 Å². The van der Waals surface area contributed by atoms with Crippen molar-refractivity contribution >= 4 is 13.8 Å². The molecule has 1 nitrogen and oxygen atoms in total. The Balaban J connectivity index is 2.25. The maximum Gasteiger partial charge on any atom is 0.118 e. The first kappa shape index (κ1) is 5.27. The molecule has 0 bridgehead atoms. The zero-order valence-electron chi connectivity index (χ0n) is 4.48. The lowest BCUT2D eigenvalue weighted by Crippen LogP contribution is -2.25. The molecule has 1 saturated heterocycles. The molecule has 40 valence electrons. The molecule has 0 aromatic heterocycles. The van der Waals surface area contributed by atoms with Gasteiger partial charge >= 0.3 is 0 Å². The molecular weight excluding hydrogens is 105 g/mol. The van der Waals surface area contributed by atoms with Crippen molar-refractivity contribution < 1.29 is 0 Å². The van der Waals surface area contributed by atoms with Crippen LogP contribution in [-0.4, -0.2) is 31.7 Å². The van der Waals surface area contributed by atoms with Gasteiger partial charge in [0, 0.05) is 13.1 Å². The van der Waals surface area contributed by atoms with Crippen molar-refractivity contribution in [3.63, 3.8) is 0 Å². The van der Waals surface area contributed by atoms with Crippen LogP contribution in [-0.2, 0) is 0 Å². The third-order valence-electron chi connectivity index (χ3n) is 1.21. The minimum atomic E-state index is 0.196. The van der Waals surface area contributed by atoms with Crippen LogP contribution in [0.1, 0.15) is 0 Å². The predicted octanol–water partition coefficient (Wildman–Crippen LogP) is 0.503. The lowest BCUT2D eigenvalue weighted by molar-refractivity contribution is 0.751. The first-order valence-corrected chi connectivity index (χ1v) is 4.55. The zero-order chi connectivity index (χ0) is 5.11. The Morgan fingerprint density at radius 2 is 1.86 bits per heavy atom. The van der Waals surface area contributed by atoms with Gasteiger partial charge in [0.1, 0.15) is 12.3 Å². The molecule has 1 rings (SSSR count). The van der Waals surface area contributed by atoms with Gasteiger partial charge in [-0.1, -0.05) is 0 Å². The third-order valence-corrected chi connectivity index (χ3v) is 2.92. The van der Waals surface area contributed by atoms with Gasteiger partial charge in [0.25, 0.3) is 0 Å². The summed E-state index contributed by atoms with van der Waals surface area (Å²) in [7, 11) is 0.196. The molecular formula is C5H11NP+. The Hall–Kier alpha value is 0.130. The van der Waals surface area contributed by atoms with Gasteiger partial charge in [-0.2, -0.15) is 0 Å². The summed E-state index contributed by atoms with van der Waals surface area (Å²) in [4.78, 5) is 0. The molecule has 0 unspecified atom stereocenters. The topological polar surface area (TPSA) is 12.0 Å². The van der Waals surface area contributed by atoms with Gasteiger partial charge in [0.15, 0.2) is 0 Å². The summed E-state index contributed by atoms with van der Waals surface area (Å²) in [5, 5.41) is 3.29. The van der Waals surface area contributed by atoms with Gasteiger partial charge in [-0.15, -0.1) is 0 Å². The highest BCUT2D eigenvalue weighted by Crippen LogP contribution is 2.18. The highest BCUT2D eigenvalue weighted by molar-refractivity contribution is 7.55. The van der Waals surface area contributed by atoms with E-state index >= 15 is 0 Å². The van der Waals surface area contributed by atoms with E-state index in [9.17, 15) is 0 Å². The minimum absolute atomic E-state index is 0.196. The average molecular weight is 116 g/mol. The van der Waals surface area contributed by atoms with Crippen LogP contribution >= 0.6 is 7.55 Å². The van der Waals surface area contributed by atoms with Gasteiger partial charge in [0.2, 0.25) is 0 Å². The van der Waals surface area contributed by atoms with E-state index in [4.69, 9.17) is 0 Å². The van der Waals surface area contributed by atoms with Crippen LogP contribution in [0.25, 0.3) is 0 Å². The lowest BCUT2D eigenvalue weighted by atomic mass is 10.6. The van der Waals surface area contributed by atoms with E-state index in [0.717, 1.165) is 0 Å². The third kappa shape index (κ3) is 1.58. The van der Waals surface area contributed by atoms with Crippen molar-refractivity contribution in [1.82, 2.24) is 5.32 Å². The second-order valence-corrected chi connectivity index (χ2v) is 4.10. The normalized spacial score (nSPS) is 22.6. The summed E-state index contributed by atoms with van der Waals surface area (Å²) >= 11 is 0. The molecule has 7 heavy (non-hydrogen) atoms. The standard InChI is InChI=1S/C5H11NP/c1-7-4-2-6-3-5-7/h6H,1-5H2/q+1. The summed E-state index contributed by atoms with van der Waals surface area (Å²) in [6.45, 7) is 2.41. The summed E-state index contributed by atoms with van der Waals surface area (Å²) in [6, 6.07) is 0. The van der Waals surface area contributed by atoms with E-state index < -0.39 is 0 Å². The monoisotopic (exact) mass is 116 g/mol. The van der Waals surface area contributed by atoms with Crippen LogP contribution in [0.15, 0.2) is 0 Å². The Labute approximate surface area is 45.5 Å². The number of rotatable bonds is 0. The second-order valence-electron chi connectivity index (χ2n) is 1.87. The van der Waals surface area contributed by atoms with Crippen LogP contribution in [0, 0.1) is 0 Å². The van der Waals surface area contributed by atoms with Crippen molar-refractivity contribution in [3.05, 3.63) is 0 Å². The summed E-state index contributed by atoms with van der Waals surface area (Å²) < 4.78 is 0. The van der Waals surface area contributed by atoms with Crippen LogP contribution in [0.3, 0.4) is 0 Å².